The maximum absolute atomic E-state index is 6.15. The molecule has 11 aromatic carbocycles. The van der Waals surface area contributed by atoms with Gasteiger partial charge in [-0.15, -0.1) is 11.3 Å². The Labute approximate surface area is 420 Å². The van der Waals surface area contributed by atoms with E-state index in [-0.39, 0.29) is 0 Å². The summed E-state index contributed by atoms with van der Waals surface area (Å²) in [4.78, 5) is 7.08. The van der Waals surface area contributed by atoms with Crippen LogP contribution < -0.4 is 4.90 Å². The number of fused-ring (bicyclic) bond motifs is 7. The Bertz CT molecular complexity index is 4250. The summed E-state index contributed by atoms with van der Waals surface area (Å²) < 4.78 is 11.2. The second-order valence-corrected chi connectivity index (χ2v) is 19.4. The summed E-state index contributed by atoms with van der Waals surface area (Å²) >= 11 is 1.85. The lowest BCUT2D eigenvalue weighted by atomic mass is 9.98. The summed E-state index contributed by atoms with van der Waals surface area (Å²) in [6.07, 6.45) is 0. The van der Waals surface area contributed by atoms with Crippen LogP contribution in [0.4, 0.5) is 17.1 Å². The number of para-hydroxylation sites is 4. The summed E-state index contributed by atoms with van der Waals surface area (Å²) in [6.45, 7) is 0. The predicted molar refractivity (Wildman–Crippen MR) is 303 cm³/mol. The number of hydrogen-bond donors (Lipinski definition) is 0. The lowest BCUT2D eigenvalue weighted by molar-refractivity contribution is 0.620. The number of thiophene rings is 1. The molecular weight excluding hydrogens is 895 g/mol. The van der Waals surface area contributed by atoms with Gasteiger partial charge in [0.15, 0.2) is 5.58 Å². The van der Waals surface area contributed by atoms with Crippen molar-refractivity contribution < 1.29 is 4.42 Å². The first-order valence-corrected chi connectivity index (χ1v) is 25.1. The maximum atomic E-state index is 6.15. The van der Waals surface area contributed by atoms with Gasteiger partial charge in [-0.2, -0.15) is 0 Å². The lowest BCUT2D eigenvalue weighted by Crippen LogP contribution is -2.09. The third-order valence-corrected chi connectivity index (χ3v) is 15.2. The highest BCUT2D eigenvalue weighted by Gasteiger charge is 2.17. The second kappa shape index (κ2) is 17.3. The van der Waals surface area contributed by atoms with Crippen LogP contribution in [0.3, 0.4) is 0 Å². The first-order chi connectivity index (χ1) is 35.6. The van der Waals surface area contributed by atoms with Gasteiger partial charge in [0, 0.05) is 59.3 Å². The Kier molecular flexibility index (Phi) is 10.0. The van der Waals surface area contributed by atoms with E-state index in [1.807, 2.05) is 35.6 Å². The first kappa shape index (κ1) is 41.7. The van der Waals surface area contributed by atoms with Crippen molar-refractivity contribution in [3.05, 3.63) is 261 Å². The Morgan fingerprint density at radius 2 is 0.778 bits per heavy atom. The highest BCUT2D eigenvalue weighted by atomic mass is 32.1. The fraction of sp³-hybridized carbons (Fsp3) is 0. The van der Waals surface area contributed by atoms with Crippen molar-refractivity contribution in [2.24, 2.45) is 0 Å². The zero-order valence-corrected chi connectivity index (χ0v) is 39.8. The molecule has 0 aliphatic rings. The molecule has 72 heavy (non-hydrogen) atoms. The molecule has 0 aliphatic carbocycles. The topological polar surface area (TPSA) is 34.2 Å². The monoisotopic (exact) mass is 937 g/mol. The number of aromatic nitrogens is 2. The molecule has 0 atom stereocenters. The Balaban J connectivity index is 0.761. The van der Waals surface area contributed by atoms with Crippen molar-refractivity contribution >= 4 is 81.5 Å². The third kappa shape index (κ3) is 7.34. The minimum atomic E-state index is 0.608. The van der Waals surface area contributed by atoms with Gasteiger partial charge in [-0.3, -0.25) is 0 Å². The van der Waals surface area contributed by atoms with Crippen LogP contribution in [0.25, 0.3) is 115 Å². The minimum Gasteiger partial charge on any atom is -0.436 e. The van der Waals surface area contributed by atoms with E-state index >= 15 is 0 Å². The molecule has 0 saturated carbocycles. The van der Waals surface area contributed by atoms with Crippen LogP contribution in [0.15, 0.2) is 265 Å². The Hall–Kier alpha value is -9.29. The van der Waals surface area contributed by atoms with E-state index in [0.717, 1.165) is 56.1 Å². The molecule has 3 heterocycles. The summed E-state index contributed by atoms with van der Waals surface area (Å²) in [5.74, 6) is 0.608. The second-order valence-electron chi connectivity index (χ2n) is 18.3. The number of anilines is 3. The third-order valence-electron chi connectivity index (χ3n) is 14.1. The van der Waals surface area contributed by atoms with E-state index in [9.17, 15) is 0 Å². The molecule has 0 N–H and O–H groups in total. The molecule has 0 fully saturated rings. The molecule has 0 spiro atoms. The average molecular weight is 938 g/mol. The van der Waals surface area contributed by atoms with E-state index in [1.165, 1.54) is 69.8 Å². The van der Waals surface area contributed by atoms with E-state index in [2.05, 4.69) is 246 Å². The molecule has 3 aromatic heterocycles. The molecule has 0 saturated heterocycles. The molecule has 4 nitrogen and oxygen atoms in total. The molecule has 5 heteroatoms. The highest BCUT2D eigenvalue weighted by molar-refractivity contribution is 7.25. The minimum absolute atomic E-state index is 0.608. The van der Waals surface area contributed by atoms with E-state index in [0.29, 0.717) is 5.89 Å². The quantitative estimate of drug-likeness (QED) is 0.145. The smallest absolute Gasteiger partial charge is 0.227 e. The molecule has 0 bridgehead atoms. The number of oxazole rings is 1. The van der Waals surface area contributed by atoms with Gasteiger partial charge in [-0.1, -0.05) is 152 Å². The molecule has 0 amide bonds. The zero-order chi connectivity index (χ0) is 47.5. The molecule has 14 aromatic rings. The average Bonchev–Trinajstić information content (AvgIpc) is 4.16. The van der Waals surface area contributed by atoms with Crippen molar-refractivity contribution in [2.75, 3.05) is 4.90 Å². The van der Waals surface area contributed by atoms with Gasteiger partial charge >= 0.3 is 0 Å². The SMILES string of the molecule is c1ccc(-n2c3ccccc3c3cc(-c4ccc(-c5ccc(N(c6ccc(-c7ccc(-c8ccc9sc%10ccccc%10c9c8)cc7)cc6)c6ccc(-c7nc8ccccc8o7)cc6)cc5)cc4)ccc32)cc1. The van der Waals surface area contributed by atoms with Gasteiger partial charge in [0.2, 0.25) is 5.89 Å². The van der Waals surface area contributed by atoms with Crippen molar-refractivity contribution in [1.82, 2.24) is 9.55 Å². The predicted octanol–water partition coefficient (Wildman–Crippen LogP) is 19.1. The summed E-state index contributed by atoms with van der Waals surface area (Å²) in [5.41, 5.74) is 18.7. The van der Waals surface area contributed by atoms with Crippen LogP contribution in [0, 0.1) is 0 Å². The van der Waals surface area contributed by atoms with Crippen molar-refractivity contribution in [1.29, 1.82) is 0 Å². The fourth-order valence-electron chi connectivity index (χ4n) is 10.4. The van der Waals surface area contributed by atoms with Gasteiger partial charge < -0.3 is 13.9 Å². The summed E-state index contributed by atoms with van der Waals surface area (Å²) in [7, 11) is 0. The highest BCUT2D eigenvalue weighted by Crippen LogP contribution is 2.41. The van der Waals surface area contributed by atoms with Gasteiger partial charge in [-0.05, 0) is 154 Å². The standard InChI is InChI=1S/C67H43N3OS/c1-2-10-53(11-3-1)70-62-15-7-4-12-57(62)59-42-51(32-40-63(59)70)48-22-18-44(19-23-48)46-26-34-54(35-27-46)69(56-38-30-50(31-39-56)67-68-61-14-6-8-16-64(61)71-67)55-36-28-47(29-37-55)45-20-24-49(25-21-45)52-33-41-66-60(43-52)58-13-5-9-17-65(58)72-66/h1-43H. The van der Waals surface area contributed by atoms with Crippen molar-refractivity contribution in [3.8, 4) is 61.6 Å². The lowest BCUT2D eigenvalue weighted by Gasteiger charge is -2.26. The van der Waals surface area contributed by atoms with Crippen LogP contribution >= 0.6 is 11.3 Å². The first-order valence-electron chi connectivity index (χ1n) is 24.3. The van der Waals surface area contributed by atoms with E-state index in [4.69, 9.17) is 9.40 Å². The molecule has 0 unspecified atom stereocenters. The van der Waals surface area contributed by atoms with Crippen molar-refractivity contribution in [3.63, 3.8) is 0 Å². The van der Waals surface area contributed by atoms with Gasteiger partial charge in [-0.25, -0.2) is 4.98 Å². The Morgan fingerprint density at radius 3 is 1.40 bits per heavy atom. The normalized spacial score (nSPS) is 11.6. The van der Waals surface area contributed by atoms with Crippen LogP contribution in [0.5, 0.6) is 0 Å². The largest absolute Gasteiger partial charge is 0.436 e. The van der Waals surface area contributed by atoms with Gasteiger partial charge in [0.1, 0.15) is 5.52 Å². The number of hydrogen-bond acceptors (Lipinski definition) is 4. The molecule has 0 radical (unpaired) electrons. The van der Waals surface area contributed by atoms with E-state index in [1.54, 1.807) is 0 Å². The Morgan fingerprint density at radius 1 is 0.333 bits per heavy atom. The van der Waals surface area contributed by atoms with Gasteiger partial charge in [0.25, 0.3) is 0 Å². The molecule has 338 valence electrons. The number of rotatable bonds is 9. The number of nitrogens with zero attached hydrogens (tertiary/aromatic N) is 3. The van der Waals surface area contributed by atoms with Crippen LogP contribution in [0.1, 0.15) is 0 Å². The van der Waals surface area contributed by atoms with Crippen LogP contribution in [0.2, 0.25) is 0 Å². The zero-order valence-electron chi connectivity index (χ0n) is 39.0. The summed E-state index contributed by atoms with van der Waals surface area (Å²) in [5, 5.41) is 5.14. The summed E-state index contributed by atoms with van der Waals surface area (Å²) in [6, 6.07) is 93.7. The molecule has 14 rings (SSSR count). The maximum Gasteiger partial charge on any atom is 0.227 e. The number of benzene rings is 11. The van der Waals surface area contributed by atoms with E-state index < -0.39 is 0 Å². The van der Waals surface area contributed by atoms with Crippen molar-refractivity contribution in [2.45, 2.75) is 0 Å². The van der Waals surface area contributed by atoms with Gasteiger partial charge in [0.05, 0.1) is 11.0 Å². The van der Waals surface area contributed by atoms with Crippen LogP contribution in [-0.2, 0) is 0 Å². The van der Waals surface area contributed by atoms with Crippen LogP contribution in [-0.4, -0.2) is 9.55 Å². The fourth-order valence-corrected chi connectivity index (χ4v) is 11.5. The molecule has 0 aliphatic heterocycles. The molecular formula is C67H43N3OS.